The number of rotatable bonds is 3. The van der Waals surface area contributed by atoms with Crippen molar-refractivity contribution in [1.29, 1.82) is 0 Å². The highest BCUT2D eigenvalue weighted by Gasteiger charge is 2.22. The summed E-state index contributed by atoms with van der Waals surface area (Å²) in [6.07, 6.45) is 0. The first-order valence-corrected chi connectivity index (χ1v) is 7.99. The average molecular weight is 383 g/mol. The van der Waals surface area contributed by atoms with Crippen molar-refractivity contribution >= 4 is 40.1 Å². The number of halogens is 2. The Morgan fingerprint density at radius 3 is 2.36 bits per heavy atom. The molecule has 0 fully saturated rings. The van der Waals surface area contributed by atoms with Crippen LogP contribution in [0, 0.1) is 0 Å². The van der Waals surface area contributed by atoms with E-state index in [1.165, 1.54) is 0 Å². The molecule has 6 heteroatoms. The van der Waals surface area contributed by atoms with E-state index in [4.69, 9.17) is 16.3 Å². The Morgan fingerprint density at radius 1 is 1.09 bits per heavy atom. The zero-order valence-corrected chi connectivity index (χ0v) is 14.9. The van der Waals surface area contributed by atoms with Gasteiger partial charge in [-0.05, 0) is 51.2 Å². The molecule has 0 bridgehead atoms. The molecule has 0 saturated heterocycles. The van der Waals surface area contributed by atoms with Gasteiger partial charge in [0.05, 0.1) is 4.47 Å². The molecule has 0 heterocycles. The topological polar surface area (TPSA) is 49.7 Å². The van der Waals surface area contributed by atoms with E-state index < -0.39 is 7.12 Å². The van der Waals surface area contributed by atoms with Gasteiger partial charge in [-0.25, -0.2) is 0 Å². The molecular formula is C16H17BBrClO3. The molecule has 0 unspecified atom stereocenters. The Balaban J connectivity index is 2.46. The molecule has 2 rings (SSSR count). The molecule has 0 aromatic heterocycles. The zero-order valence-electron chi connectivity index (χ0n) is 12.6. The number of hydrogen-bond donors (Lipinski definition) is 2. The quantitative estimate of drug-likeness (QED) is 0.791. The second-order valence-electron chi connectivity index (χ2n) is 6.02. The van der Waals surface area contributed by atoms with Crippen molar-refractivity contribution in [1.82, 2.24) is 0 Å². The van der Waals surface area contributed by atoms with E-state index in [0.29, 0.717) is 11.5 Å². The van der Waals surface area contributed by atoms with E-state index in [1.807, 2.05) is 18.2 Å². The van der Waals surface area contributed by atoms with Crippen LogP contribution in [0.2, 0.25) is 5.02 Å². The van der Waals surface area contributed by atoms with Crippen LogP contribution < -0.4 is 10.2 Å². The van der Waals surface area contributed by atoms with E-state index >= 15 is 0 Å². The smallest absolute Gasteiger partial charge is 0.456 e. The second kappa shape index (κ2) is 6.63. The molecule has 22 heavy (non-hydrogen) atoms. The highest BCUT2D eigenvalue weighted by Crippen LogP contribution is 2.34. The van der Waals surface area contributed by atoms with Gasteiger partial charge in [0.2, 0.25) is 0 Å². The van der Waals surface area contributed by atoms with Crippen molar-refractivity contribution in [3.05, 3.63) is 51.5 Å². The molecule has 0 amide bonds. The van der Waals surface area contributed by atoms with Crippen molar-refractivity contribution in [3.63, 3.8) is 0 Å². The average Bonchev–Trinajstić information content (AvgIpc) is 2.39. The minimum absolute atomic E-state index is 0.0214. The van der Waals surface area contributed by atoms with Gasteiger partial charge >= 0.3 is 7.12 Å². The number of hydrogen-bond acceptors (Lipinski definition) is 3. The van der Waals surface area contributed by atoms with Gasteiger partial charge in [0.1, 0.15) is 11.5 Å². The first kappa shape index (κ1) is 17.4. The predicted octanol–water partition coefficient (Wildman–Crippen LogP) is 3.87. The van der Waals surface area contributed by atoms with Crippen molar-refractivity contribution in [2.45, 2.75) is 26.2 Å². The molecule has 0 aliphatic rings. The Kier molecular flexibility index (Phi) is 5.23. The van der Waals surface area contributed by atoms with Crippen LogP contribution in [0.3, 0.4) is 0 Å². The maximum atomic E-state index is 9.50. The minimum Gasteiger partial charge on any atom is -0.456 e. The van der Waals surface area contributed by atoms with Crippen LogP contribution >= 0.6 is 27.5 Å². The summed E-state index contributed by atoms with van der Waals surface area (Å²) in [6, 6.07) is 10.8. The number of benzene rings is 2. The summed E-state index contributed by atoms with van der Waals surface area (Å²) in [6.45, 7) is 6.34. The van der Waals surface area contributed by atoms with E-state index in [0.717, 1.165) is 10.0 Å². The Hall–Kier alpha value is -1.01. The van der Waals surface area contributed by atoms with Crippen molar-refractivity contribution in [3.8, 4) is 11.5 Å². The molecular weight excluding hydrogens is 366 g/mol. The summed E-state index contributed by atoms with van der Waals surface area (Å²) in [4.78, 5) is 0. The third-order valence-electron chi connectivity index (χ3n) is 3.29. The maximum absolute atomic E-state index is 9.50. The van der Waals surface area contributed by atoms with Gasteiger partial charge in [-0.2, -0.15) is 0 Å². The summed E-state index contributed by atoms with van der Waals surface area (Å²) >= 11 is 9.47. The highest BCUT2D eigenvalue weighted by atomic mass is 79.9. The SMILES string of the molecule is CC(C)(C)c1ccc(Br)c(Oc2cccc(Cl)c2B(O)O)c1. The predicted molar refractivity (Wildman–Crippen MR) is 94.2 cm³/mol. The summed E-state index contributed by atoms with van der Waals surface area (Å²) < 4.78 is 6.64. The van der Waals surface area contributed by atoms with Crippen molar-refractivity contribution in [2.24, 2.45) is 0 Å². The molecule has 0 atom stereocenters. The lowest BCUT2D eigenvalue weighted by Gasteiger charge is -2.21. The first-order chi connectivity index (χ1) is 10.2. The zero-order chi connectivity index (χ0) is 16.5. The minimum atomic E-state index is -1.70. The lowest BCUT2D eigenvalue weighted by Crippen LogP contribution is -2.32. The molecule has 0 aliphatic heterocycles. The van der Waals surface area contributed by atoms with Gasteiger partial charge in [0.15, 0.2) is 0 Å². The van der Waals surface area contributed by atoms with Crippen molar-refractivity contribution in [2.75, 3.05) is 0 Å². The fourth-order valence-electron chi connectivity index (χ4n) is 2.02. The molecule has 2 aromatic rings. The molecule has 0 saturated carbocycles. The van der Waals surface area contributed by atoms with Crippen LogP contribution in [0.5, 0.6) is 11.5 Å². The van der Waals surface area contributed by atoms with E-state index in [2.05, 4.69) is 36.7 Å². The van der Waals surface area contributed by atoms with Crippen LogP contribution in [0.15, 0.2) is 40.9 Å². The largest absolute Gasteiger partial charge is 0.493 e. The molecule has 2 N–H and O–H groups in total. The number of ether oxygens (including phenoxy) is 1. The molecule has 0 spiro atoms. The standard InChI is InChI=1S/C16H17BBrClO3/c1-16(2,3)10-7-8-11(18)14(9-10)22-13-6-4-5-12(19)15(13)17(20)21/h4-9,20-21H,1-3H3. The van der Waals surface area contributed by atoms with Gasteiger partial charge in [-0.15, -0.1) is 0 Å². The van der Waals surface area contributed by atoms with Crippen LogP contribution in [0.4, 0.5) is 0 Å². The monoisotopic (exact) mass is 382 g/mol. The molecule has 116 valence electrons. The normalized spacial score (nSPS) is 11.4. The summed E-state index contributed by atoms with van der Waals surface area (Å²) in [5, 5.41) is 19.2. The Bertz CT molecular complexity index is 684. The fourth-order valence-corrected chi connectivity index (χ4v) is 2.61. The fraction of sp³-hybridized carbons (Fsp3) is 0.250. The maximum Gasteiger partial charge on any atom is 0.493 e. The summed E-state index contributed by atoms with van der Waals surface area (Å²) in [5.41, 5.74) is 1.24. The third-order valence-corrected chi connectivity index (χ3v) is 4.27. The Morgan fingerprint density at radius 2 is 1.77 bits per heavy atom. The van der Waals surface area contributed by atoms with E-state index in [1.54, 1.807) is 18.2 Å². The van der Waals surface area contributed by atoms with Gasteiger partial charge in [-0.1, -0.05) is 44.5 Å². The summed E-state index contributed by atoms with van der Waals surface area (Å²) in [5.74, 6) is 0.908. The van der Waals surface area contributed by atoms with Gasteiger partial charge in [-0.3, -0.25) is 0 Å². The van der Waals surface area contributed by atoms with Crippen LogP contribution in [-0.4, -0.2) is 17.2 Å². The van der Waals surface area contributed by atoms with Gasteiger partial charge in [0, 0.05) is 10.5 Å². The first-order valence-electron chi connectivity index (χ1n) is 6.82. The lowest BCUT2D eigenvalue weighted by atomic mass is 9.79. The van der Waals surface area contributed by atoms with Gasteiger partial charge < -0.3 is 14.8 Å². The lowest BCUT2D eigenvalue weighted by molar-refractivity contribution is 0.420. The van der Waals surface area contributed by atoms with Gasteiger partial charge in [0.25, 0.3) is 0 Å². The highest BCUT2D eigenvalue weighted by molar-refractivity contribution is 9.10. The third kappa shape index (κ3) is 3.85. The molecule has 2 aromatic carbocycles. The van der Waals surface area contributed by atoms with Crippen LogP contribution in [-0.2, 0) is 5.41 Å². The van der Waals surface area contributed by atoms with Crippen molar-refractivity contribution < 1.29 is 14.8 Å². The molecule has 3 nitrogen and oxygen atoms in total. The Labute approximate surface area is 144 Å². The molecule has 0 radical (unpaired) electrons. The van der Waals surface area contributed by atoms with Crippen LogP contribution in [0.1, 0.15) is 26.3 Å². The second-order valence-corrected chi connectivity index (χ2v) is 7.28. The van der Waals surface area contributed by atoms with E-state index in [-0.39, 0.29) is 15.9 Å². The summed E-state index contributed by atoms with van der Waals surface area (Å²) in [7, 11) is -1.70. The molecule has 0 aliphatic carbocycles. The van der Waals surface area contributed by atoms with Crippen LogP contribution in [0.25, 0.3) is 0 Å². The van der Waals surface area contributed by atoms with E-state index in [9.17, 15) is 10.0 Å².